The van der Waals surface area contributed by atoms with Crippen LogP contribution in [-0.4, -0.2) is 38.5 Å². The van der Waals surface area contributed by atoms with Gasteiger partial charge in [-0.25, -0.2) is 0 Å². The molecule has 15 heavy (non-hydrogen) atoms. The summed E-state index contributed by atoms with van der Waals surface area (Å²) in [6.45, 7) is 3.51. The second kappa shape index (κ2) is 6.90. The molecule has 0 bridgehead atoms. The van der Waals surface area contributed by atoms with Crippen LogP contribution < -0.4 is 5.32 Å². The number of ether oxygens (including phenoxy) is 2. The summed E-state index contributed by atoms with van der Waals surface area (Å²) >= 11 is 1.66. The largest absolute Gasteiger partial charge is 0.382 e. The molecule has 0 saturated heterocycles. The zero-order chi connectivity index (χ0) is 11.1. The van der Waals surface area contributed by atoms with Crippen molar-refractivity contribution in [3.63, 3.8) is 0 Å². The first-order valence-electron chi connectivity index (χ1n) is 4.91. The van der Waals surface area contributed by atoms with Crippen LogP contribution in [0.4, 0.5) is 0 Å². The average Bonchev–Trinajstić information content (AvgIpc) is 2.77. The van der Waals surface area contributed by atoms with Crippen molar-refractivity contribution in [1.29, 1.82) is 0 Å². The second-order valence-corrected chi connectivity index (χ2v) is 4.26. The van der Waals surface area contributed by atoms with Gasteiger partial charge in [-0.3, -0.25) is 4.98 Å². The van der Waals surface area contributed by atoms with E-state index >= 15 is 0 Å². The minimum atomic E-state index is 0.102. The van der Waals surface area contributed by atoms with Crippen LogP contribution in [0.2, 0.25) is 0 Å². The van der Waals surface area contributed by atoms with Gasteiger partial charge >= 0.3 is 0 Å². The van der Waals surface area contributed by atoms with Gasteiger partial charge in [-0.15, -0.1) is 11.3 Å². The molecule has 0 aliphatic carbocycles. The summed E-state index contributed by atoms with van der Waals surface area (Å²) in [6.07, 6.45) is 1.99. The van der Waals surface area contributed by atoms with Crippen LogP contribution in [0.1, 0.15) is 17.8 Å². The van der Waals surface area contributed by atoms with Gasteiger partial charge in [0, 0.05) is 37.9 Å². The van der Waals surface area contributed by atoms with E-state index in [1.54, 1.807) is 25.6 Å². The molecule has 0 aliphatic rings. The maximum Gasteiger partial charge on any atom is 0.0928 e. The van der Waals surface area contributed by atoms with Gasteiger partial charge in [0.1, 0.15) is 0 Å². The third-order valence-electron chi connectivity index (χ3n) is 2.22. The van der Waals surface area contributed by atoms with Crippen LogP contribution in [0.15, 0.2) is 11.7 Å². The van der Waals surface area contributed by atoms with Gasteiger partial charge in [0.15, 0.2) is 0 Å². The van der Waals surface area contributed by atoms with E-state index in [-0.39, 0.29) is 6.10 Å². The Morgan fingerprint density at radius 1 is 1.53 bits per heavy atom. The Bertz CT molecular complexity index is 254. The molecule has 0 saturated carbocycles. The Hall–Kier alpha value is -0.490. The van der Waals surface area contributed by atoms with Crippen molar-refractivity contribution in [3.8, 4) is 0 Å². The van der Waals surface area contributed by atoms with Crippen molar-refractivity contribution < 1.29 is 9.47 Å². The van der Waals surface area contributed by atoms with Gasteiger partial charge in [0.2, 0.25) is 0 Å². The number of thiazole rings is 1. The van der Waals surface area contributed by atoms with Crippen molar-refractivity contribution in [2.75, 3.05) is 27.4 Å². The molecular weight excluding hydrogens is 212 g/mol. The van der Waals surface area contributed by atoms with Gasteiger partial charge in [-0.1, -0.05) is 0 Å². The lowest BCUT2D eigenvalue weighted by atomic mass is 10.2. The molecule has 4 nitrogen and oxygen atoms in total. The topological polar surface area (TPSA) is 43.4 Å². The molecule has 0 aromatic carbocycles. The predicted octanol–water partition coefficient (Wildman–Crippen LogP) is 1.46. The van der Waals surface area contributed by atoms with E-state index in [0.29, 0.717) is 12.6 Å². The number of methoxy groups -OCH3 is 2. The molecule has 0 aliphatic heterocycles. The Morgan fingerprint density at radius 2 is 2.33 bits per heavy atom. The molecule has 0 amide bonds. The highest BCUT2D eigenvalue weighted by Crippen LogP contribution is 2.15. The molecule has 1 heterocycles. The maximum atomic E-state index is 5.26. The minimum absolute atomic E-state index is 0.102. The molecule has 86 valence electrons. The first-order valence-corrected chi connectivity index (χ1v) is 5.79. The zero-order valence-corrected chi connectivity index (χ0v) is 10.2. The molecule has 0 radical (unpaired) electrons. The molecule has 1 aromatic rings. The lowest BCUT2D eigenvalue weighted by Gasteiger charge is -2.18. The fourth-order valence-corrected chi connectivity index (χ4v) is 1.90. The fourth-order valence-electron chi connectivity index (χ4n) is 1.24. The van der Waals surface area contributed by atoms with E-state index in [1.165, 1.54) is 4.88 Å². The number of nitrogens with zero attached hydrogens (tertiary/aromatic N) is 1. The highest BCUT2D eigenvalue weighted by Gasteiger charge is 2.10. The van der Waals surface area contributed by atoms with Crippen molar-refractivity contribution in [2.45, 2.75) is 19.1 Å². The Labute approximate surface area is 94.6 Å². The summed E-state index contributed by atoms with van der Waals surface area (Å²) in [5.41, 5.74) is 1.84. The predicted molar refractivity (Wildman–Crippen MR) is 61.2 cm³/mol. The van der Waals surface area contributed by atoms with E-state index in [9.17, 15) is 0 Å². The van der Waals surface area contributed by atoms with Crippen LogP contribution in [0.3, 0.4) is 0 Å². The van der Waals surface area contributed by atoms with Crippen molar-refractivity contribution in [1.82, 2.24) is 10.3 Å². The van der Waals surface area contributed by atoms with Crippen molar-refractivity contribution in [3.05, 3.63) is 16.6 Å². The number of hydrogen-bond donors (Lipinski definition) is 1. The van der Waals surface area contributed by atoms with E-state index in [4.69, 9.17) is 9.47 Å². The summed E-state index contributed by atoms with van der Waals surface area (Å²) in [6, 6.07) is 0.312. The first-order chi connectivity index (χ1) is 7.27. The lowest BCUT2D eigenvalue weighted by Crippen LogP contribution is -2.33. The molecule has 2 atom stereocenters. The van der Waals surface area contributed by atoms with Crippen LogP contribution in [-0.2, 0) is 9.47 Å². The number of rotatable bonds is 7. The molecule has 0 spiro atoms. The Balaban J connectivity index is 2.29. The Morgan fingerprint density at radius 3 is 2.87 bits per heavy atom. The third-order valence-corrected chi connectivity index (χ3v) is 3.17. The average molecular weight is 230 g/mol. The highest BCUT2D eigenvalue weighted by molar-refractivity contribution is 7.09. The molecule has 5 heteroatoms. The third kappa shape index (κ3) is 4.25. The van der Waals surface area contributed by atoms with Gasteiger partial charge in [-0.2, -0.15) is 0 Å². The Kier molecular flexibility index (Phi) is 5.78. The van der Waals surface area contributed by atoms with Crippen LogP contribution >= 0.6 is 11.3 Å². The smallest absolute Gasteiger partial charge is 0.0928 e. The SMILES string of the molecule is COCC(CNC(C)c1cncs1)OC. The van der Waals surface area contributed by atoms with Crippen molar-refractivity contribution >= 4 is 11.3 Å². The summed E-state index contributed by atoms with van der Waals surface area (Å²) in [5, 5.41) is 3.39. The van der Waals surface area contributed by atoms with E-state index in [0.717, 1.165) is 6.54 Å². The zero-order valence-electron chi connectivity index (χ0n) is 9.40. The van der Waals surface area contributed by atoms with Crippen LogP contribution in [0.25, 0.3) is 0 Å². The summed E-state index contributed by atoms with van der Waals surface area (Å²) in [7, 11) is 3.38. The van der Waals surface area contributed by atoms with Gasteiger partial charge in [-0.05, 0) is 6.92 Å². The molecule has 1 aromatic heterocycles. The standard InChI is InChI=1S/C10H18N2O2S/c1-8(10-5-11-7-15-10)12-4-9(14-3)6-13-2/h5,7-9,12H,4,6H2,1-3H3. The first kappa shape index (κ1) is 12.6. The van der Waals surface area contributed by atoms with E-state index in [2.05, 4.69) is 17.2 Å². The van der Waals surface area contributed by atoms with Crippen molar-refractivity contribution in [2.24, 2.45) is 0 Å². The van der Waals surface area contributed by atoms with Crippen LogP contribution in [0.5, 0.6) is 0 Å². The maximum absolute atomic E-state index is 5.26. The summed E-state index contributed by atoms with van der Waals surface area (Å²) < 4.78 is 10.3. The molecule has 1 rings (SSSR count). The lowest BCUT2D eigenvalue weighted by molar-refractivity contribution is 0.0277. The quantitative estimate of drug-likeness (QED) is 0.770. The monoisotopic (exact) mass is 230 g/mol. The highest BCUT2D eigenvalue weighted by atomic mass is 32.1. The molecular formula is C10H18N2O2S. The normalized spacial score (nSPS) is 15.1. The second-order valence-electron chi connectivity index (χ2n) is 3.35. The van der Waals surface area contributed by atoms with Gasteiger partial charge in [0.25, 0.3) is 0 Å². The van der Waals surface area contributed by atoms with E-state index < -0.39 is 0 Å². The van der Waals surface area contributed by atoms with E-state index in [1.807, 2.05) is 11.7 Å². The fraction of sp³-hybridized carbons (Fsp3) is 0.700. The minimum Gasteiger partial charge on any atom is -0.382 e. The van der Waals surface area contributed by atoms with Crippen LogP contribution in [0, 0.1) is 0 Å². The summed E-state index contributed by atoms with van der Waals surface area (Å²) in [4.78, 5) is 5.29. The number of aromatic nitrogens is 1. The number of nitrogens with one attached hydrogen (secondary N) is 1. The molecule has 0 fully saturated rings. The number of hydrogen-bond acceptors (Lipinski definition) is 5. The molecule has 1 N–H and O–H groups in total. The van der Waals surface area contributed by atoms with Gasteiger partial charge < -0.3 is 14.8 Å². The summed E-state index contributed by atoms with van der Waals surface area (Å²) in [5.74, 6) is 0. The molecule has 2 unspecified atom stereocenters. The van der Waals surface area contributed by atoms with Gasteiger partial charge in [0.05, 0.1) is 18.2 Å².